The molecule has 0 spiro atoms. The lowest BCUT2D eigenvalue weighted by molar-refractivity contribution is -0.125. The van der Waals surface area contributed by atoms with Crippen molar-refractivity contribution < 1.29 is 19.8 Å². The minimum Gasteiger partial charge on any atom is -0.391 e. The summed E-state index contributed by atoms with van der Waals surface area (Å²) in [6.07, 6.45) is 0.631. The molecule has 2 heterocycles. The summed E-state index contributed by atoms with van der Waals surface area (Å²) in [5.74, 6) is 10.3. The van der Waals surface area contributed by atoms with Gasteiger partial charge in [-0.15, -0.1) is 11.3 Å². The Morgan fingerprint density at radius 3 is 2.47 bits per heavy atom. The standard InChI is InChI=1S/C25H20N2O4S/c1-17(29)24(22(30)16-28)27-25(31)19-11-9-18(10-12-19)6-2-3-7-20-13-14-23(32-20)21-8-4-5-15-26-21/h4-5,8-15,17,24,28-29H,16H2,1H3,(H,27,31)/t17-,24-/m0/s1. The number of aliphatic hydroxyl groups is 2. The lowest BCUT2D eigenvalue weighted by Gasteiger charge is -2.19. The van der Waals surface area contributed by atoms with E-state index in [1.165, 1.54) is 6.92 Å². The normalized spacial score (nSPS) is 11.8. The maximum Gasteiger partial charge on any atom is 0.251 e. The Balaban J connectivity index is 1.62. The number of aromatic nitrogens is 1. The van der Waals surface area contributed by atoms with Crippen LogP contribution >= 0.6 is 11.3 Å². The first-order chi connectivity index (χ1) is 15.5. The number of benzene rings is 1. The van der Waals surface area contributed by atoms with Crippen molar-refractivity contribution >= 4 is 23.0 Å². The maximum atomic E-state index is 12.3. The number of rotatable bonds is 6. The molecule has 3 aromatic rings. The van der Waals surface area contributed by atoms with Crippen LogP contribution in [0.2, 0.25) is 0 Å². The molecule has 3 N–H and O–H groups in total. The fourth-order valence-corrected chi connectivity index (χ4v) is 3.58. The topological polar surface area (TPSA) is 99.5 Å². The summed E-state index contributed by atoms with van der Waals surface area (Å²) < 4.78 is 0. The number of hydrogen-bond acceptors (Lipinski definition) is 6. The molecule has 0 unspecified atom stereocenters. The Hall–Kier alpha value is -3.75. The van der Waals surface area contributed by atoms with E-state index in [9.17, 15) is 14.7 Å². The van der Waals surface area contributed by atoms with Gasteiger partial charge in [0.15, 0.2) is 5.78 Å². The van der Waals surface area contributed by atoms with Crippen molar-refractivity contribution in [3.63, 3.8) is 0 Å². The first-order valence-corrected chi connectivity index (χ1v) is 10.6. The van der Waals surface area contributed by atoms with Gasteiger partial charge < -0.3 is 15.5 Å². The summed E-state index contributed by atoms with van der Waals surface area (Å²) in [5.41, 5.74) is 1.88. The molecule has 1 aromatic carbocycles. The molecule has 2 atom stereocenters. The first-order valence-electron chi connectivity index (χ1n) is 9.74. The van der Waals surface area contributed by atoms with Gasteiger partial charge in [0.2, 0.25) is 0 Å². The lowest BCUT2D eigenvalue weighted by Crippen LogP contribution is -2.48. The Kier molecular flexibility index (Phi) is 7.91. The lowest BCUT2D eigenvalue weighted by atomic mass is 10.1. The van der Waals surface area contributed by atoms with Gasteiger partial charge in [-0.25, -0.2) is 0 Å². The summed E-state index contributed by atoms with van der Waals surface area (Å²) in [5, 5.41) is 21.0. The van der Waals surface area contributed by atoms with Crippen molar-refractivity contribution in [2.24, 2.45) is 0 Å². The van der Waals surface area contributed by atoms with Gasteiger partial charge in [0.05, 0.1) is 21.6 Å². The highest BCUT2D eigenvalue weighted by molar-refractivity contribution is 7.16. The Morgan fingerprint density at radius 1 is 1.06 bits per heavy atom. The van der Waals surface area contributed by atoms with Gasteiger partial charge in [-0.2, -0.15) is 0 Å². The van der Waals surface area contributed by atoms with Crippen molar-refractivity contribution in [3.05, 3.63) is 76.8 Å². The molecule has 0 aliphatic heterocycles. The highest BCUT2D eigenvalue weighted by atomic mass is 32.1. The Labute approximate surface area is 190 Å². The first kappa shape index (κ1) is 22.9. The molecular weight excluding hydrogens is 424 g/mol. The van der Waals surface area contributed by atoms with Crippen molar-refractivity contribution in [1.29, 1.82) is 0 Å². The second-order valence-corrected chi connectivity index (χ2v) is 7.86. The zero-order valence-electron chi connectivity index (χ0n) is 17.2. The van der Waals surface area contributed by atoms with E-state index < -0.39 is 30.4 Å². The molecule has 0 bridgehead atoms. The van der Waals surface area contributed by atoms with Crippen LogP contribution in [-0.4, -0.2) is 45.6 Å². The van der Waals surface area contributed by atoms with Gasteiger partial charge in [0.25, 0.3) is 5.91 Å². The van der Waals surface area contributed by atoms with Crippen molar-refractivity contribution in [1.82, 2.24) is 10.3 Å². The van der Waals surface area contributed by atoms with Gasteiger partial charge in [-0.3, -0.25) is 14.6 Å². The van der Waals surface area contributed by atoms with E-state index in [-0.39, 0.29) is 0 Å². The van der Waals surface area contributed by atoms with E-state index >= 15 is 0 Å². The number of amides is 1. The van der Waals surface area contributed by atoms with E-state index in [2.05, 4.69) is 34.0 Å². The molecule has 3 rings (SSSR count). The number of pyridine rings is 1. The number of thiophene rings is 1. The fourth-order valence-electron chi connectivity index (χ4n) is 2.75. The SMILES string of the molecule is C[C@H](O)[C@H](NC(=O)c1ccc(C#CC#Cc2ccc(-c3ccccn3)s2)cc1)C(=O)CO. The predicted octanol–water partition coefficient (Wildman–Crippen LogP) is 2.25. The van der Waals surface area contributed by atoms with Crippen LogP contribution in [0.1, 0.15) is 27.7 Å². The van der Waals surface area contributed by atoms with Gasteiger partial charge in [-0.1, -0.05) is 12.0 Å². The van der Waals surface area contributed by atoms with Crippen LogP contribution in [0.5, 0.6) is 0 Å². The van der Waals surface area contributed by atoms with Crippen LogP contribution in [0.3, 0.4) is 0 Å². The Bertz CT molecular complexity index is 1210. The van der Waals surface area contributed by atoms with Gasteiger partial charge in [-0.05, 0) is 73.2 Å². The van der Waals surface area contributed by atoms with E-state index in [4.69, 9.17) is 5.11 Å². The summed E-state index contributed by atoms with van der Waals surface area (Å²) in [4.78, 5) is 30.2. The summed E-state index contributed by atoms with van der Waals surface area (Å²) in [6, 6.07) is 15.0. The predicted molar refractivity (Wildman–Crippen MR) is 123 cm³/mol. The molecule has 0 saturated carbocycles. The molecule has 7 heteroatoms. The monoisotopic (exact) mass is 444 g/mol. The number of hydrogen-bond donors (Lipinski definition) is 3. The van der Waals surface area contributed by atoms with Crippen molar-refractivity contribution in [3.8, 4) is 34.3 Å². The third kappa shape index (κ3) is 6.13. The maximum absolute atomic E-state index is 12.3. The van der Waals surface area contributed by atoms with Crippen LogP contribution in [0.4, 0.5) is 0 Å². The Morgan fingerprint density at radius 2 is 1.81 bits per heavy atom. The minimum atomic E-state index is -1.17. The zero-order chi connectivity index (χ0) is 22.9. The summed E-state index contributed by atoms with van der Waals surface area (Å²) in [7, 11) is 0. The summed E-state index contributed by atoms with van der Waals surface area (Å²) >= 11 is 1.54. The largest absolute Gasteiger partial charge is 0.391 e. The molecule has 0 aliphatic carbocycles. The third-order valence-electron chi connectivity index (χ3n) is 4.40. The smallest absolute Gasteiger partial charge is 0.251 e. The van der Waals surface area contributed by atoms with Crippen LogP contribution in [0.25, 0.3) is 10.6 Å². The molecule has 32 heavy (non-hydrogen) atoms. The zero-order valence-corrected chi connectivity index (χ0v) is 18.0. The average molecular weight is 445 g/mol. The van der Waals surface area contributed by atoms with E-state index in [0.29, 0.717) is 11.1 Å². The minimum absolute atomic E-state index is 0.304. The van der Waals surface area contributed by atoms with Crippen molar-refractivity contribution in [2.45, 2.75) is 19.1 Å². The van der Waals surface area contributed by atoms with E-state index in [1.807, 2.05) is 30.3 Å². The van der Waals surface area contributed by atoms with Gasteiger partial charge in [0, 0.05) is 17.3 Å². The number of aliphatic hydroxyl groups excluding tert-OH is 2. The van der Waals surface area contributed by atoms with Crippen LogP contribution in [0.15, 0.2) is 60.8 Å². The number of carbonyl (C=O) groups excluding carboxylic acids is 2. The molecule has 0 saturated heterocycles. The number of nitrogens with zero attached hydrogens (tertiary/aromatic N) is 1. The molecule has 6 nitrogen and oxygen atoms in total. The van der Waals surface area contributed by atoms with E-state index in [0.717, 1.165) is 15.4 Å². The second-order valence-electron chi connectivity index (χ2n) is 6.77. The summed E-state index contributed by atoms with van der Waals surface area (Å²) in [6.45, 7) is 0.606. The molecule has 0 aliphatic rings. The highest BCUT2D eigenvalue weighted by Crippen LogP contribution is 2.25. The molecule has 2 aromatic heterocycles. The number of carbonyl (C=O) groups is 2. The molecular formula is C25H20N2O4S. The molecule has 0 radical (unpaired) electrons. The van der Waals surface area contributed by atoms with Crippen molar-refractivity contribution in [2.75, 3.05) is 6.61 Å². The van der Waals surface area contributed by atoms with Crippen LogP contribution < -0.4 is 5.32 Å². The molecule has 0 fully saturated rings. The van der Waals surface area contributed by atoms with Crippen LogP contribution in [-0.2, 0) is 4.79 Å². The van der Waals surface area contributed by atoms with Gasteiger partial charge >= 0.3 is 0 Å². The number of ketones is 1. The fraction of sp³-hybridized carbons (Fsp3) is 0.160. The molecule has 1 amide bonds. The number of Topliss-reactive ketones (excluding diaryl/α,β-unsaturated/α-hetero) is 1. The third-order valence-corrected chi connectivity index (χ3v) is 5.42. The average Bonchev–Trinajstić information content (AvgIpc) is 3.29. The highest BCUT2D eigenvalue weighted by Gasteiger charge is 2.25. The number of nitrogens with one attached hydrogen (secondary N) is 1. The van der Waals surface area contributed by atoms with E-state index in [1.54, 1.807) is 41.8 Å². The quantitative estimate of drug-likeness (QED) is 0.507. The van der Waals surface area contributed by atoms with Gasteiger partial charge in [0.1, 0.15) is 12.6 Å². The van der Waals surface area contributed by atoms with Crippen LogP contribution in [0, 0.1) is 23.7 Å². The molecule has 160 valence electrons. The second kappa shape index (κ2) is 11.0.